The van der Waals surface area contributed by atoms with Crippen LogP contribution in [0.15, 0.2) is 73.1 Å². The Morgan fingerprint density at radius 3 is 2.24 bits per heavy atom. The summed E-state index contributed by atoms with van der Waals surface area (Å²) in [5.74, 6) is -1.74. The summed E-state index contributed by atoms with van der Waals surface area (Å²) in [6.07, 6.45) is 2.06. The first kappa shape index (κ1) is 22.0. The molecule has 0 fully saturated rings. The van der Waals surface area contributed by atoms with Crippen molar-refractivity contribution in [3.63, 3.8) is 0 Å². The monoisotopic (exact) mass is 445 g/mol. The Kier molecular flexibility index (Phi) is 6.64. The first-order valence-corrected chi connectivity index (χ1v) is 10.6. The van der Waals surface area contributed by atoms with Crippen LogP contribution < -0.4 is 10.6 Å². The number of alkyl carbamates (subject to hydrolysis) is 1. The molecule has 1 atom stereocenters. The van der Waals surface area contributed by atoms with E-state index in [2.05, 4.69) is 15.6 Å². The molecular formula is C25H23N3O5. The summed E-state index contributed by atoms with van der Waals surface area (Å²) in [4.78, 5) is 39.9. The van der Waals surface area contributed by atoms with Gasteiger partial charge in [-0.1, -0.05) is 48.5 Å². The van der Waals surface area contributed by atoms with Crippen LogP contribution in [0.5, 0.6) is 0 Å². The Morgan fingerprint density at radius 2 is 1.64 bits per heavy atom. The third-order valence-corrected chi connectivity index (χ3v) is 5.54. The van der Waals surface area contributed by atoms with Gasteiger partial charge in [-0.3, -0.25) is 9.78 Å². The first-order chi connectivity index (χ1) is 16.0. The van der Waals surface area contributed by atoms with Gasteiger partial charge in [-0.15, -0.1) is 0 Å². The number of ether oxygens (including phenoxy) is 1. The van der Waals surface area contributed by atoms with Crippen LogP contribution in [0.1, 0.15) is 29.9 Å². The Balaban J connectivity index is 1.32. The maximum absolute atomic E-state index is 12.4. The topological polar surface area (TPSA) is 118 Å². The van der Waals surface area contributed by atoms with E-state index in [1.54, 1.807) is 18.3 Å². The molecule has 2 amide bonds. The highest BCUT2D eigenvalue weighted by Crippen LogP contribution is 2.44. The van der Waals surface area contributed by atoms with Gasteiger partial charge in [0.05, 0.1) is 11.9 Å². The number of rotatable bonds is 8. The molecule has 0 spiro atoms. The molecule has 1 aliphatic rings. The third-order valence-electron chi connectivity index (χ3n) is 5.54. The van der Waals surface area contributed by atoms with E-state index in [-0.39, 0.29) is 31.3 Å². The molecule has 0 bridgehead atoms. The van der Waals surface area contributed by atoms with Crippen LogP contribution in [0.2, 0.25) is 0 Å². The fraction of sp³-hybridized carbons (Fsp3) is 0.200. The molecule has 1 heterocycles. The molecule has 8 heteroatoms. The smallest absolute Gasteiger partial charge is 0.407 e. The number of amides is 2. The number of carboxylic acid groups (broad SMARTS) is 1. The third kappa shape index (κ3) is 5.17. The summed E-state index contributed by atoms with van der Waals surface area (Å²) in [6.45, 7) is 0.0771. The molecule has 168 valence electrons. The van der Waals surface area contributed by atoms with Crippen LogP contribution in [-0.2, 0) is 14.3 Å². The van der Waals surface area contributed by atoms with E-state index >= 15 is 0 Å². The van der Waals surface area contributed by atoms with Crippen molar-refractivity contribution in [2.24, 2.45) is 0 Å². The maximum Gasteiger partial charge on any atom is 0.407 e. The lowest BCUT2D eigenvalue weighted by Gasteiger charge is -2.17. The number of fused-ring (bicyclic) bond motifs is 3. The van der Waals surface area contributed by atoms with E-state index in [1.165, 1.54) is 6.20 Å². The van der Waals surface area contributed by atoms with Crippen LogP contribution >= 0.6 is 0 Å². The predicted octanol–water partition coefficient (Wildman–Crippen LogP) is 3.79. The molecule has 0 unspecified atom stereocenters. The number of carbonyl (C=O) groups excluding carboxylic acids is 2. The van der Waals surface area contributed by atoms with Gasteiger partial charge in [0.15, 0.2) is 0 Å². The van der Waals surface area contributed by atoms with Crippen LogP contribution in [-0.4, -0.2) is 40.7 Å². The number of aromatic nitrogens is 1. The largest absolute Gasteiger partial charge is 0.480 e. The van der Waals surface area contributed by atoms with E-state index in [1.807, 2.05) is 48.5 Å². The van der Waals surface area contributed by atoms with Crippen LogP contribution in [0, 0.1) is 0 Å². The van der Waals surface area contributed by atoms with E-state index < -0.39 is 18.1 Å². The molecule has 0 aliphatic heterocycles. The molecule has 2 aromatic carbocycles. The predicted molar refractivity (Wildman–Crippen MR) is 122 cm³/mol. The van der Waals surface area contributed by atoms with Crippen LogP contribution in [0.4, 0.5) is 10.5 Å². The van der Waals surface area contributed by atoms with Crippen LogP contribution in [0.25, 0.3) is 11.1 Å². The summed E-state index contributed by atoms with van der Waals surface area (Å²) in [7, 11) is 0. The van der Waals surface area contributed by atoms with Gasteiger partial charge in [0.1, 0.15) is 12.6 Å². The highest BCUT2D eigenvalue weighted by Gasteiger charge is 2.29. The molecule has 3 aromatic rings. The molecule has 4 rings (SSSR count). The lowest BCUT2D eigenvalue weighted by molar-refractivity contribution is -0.139. The second kappa shape index (κ2) is 9.95. The molecule has 3 N–H and O–H groups in total. The van der Waals surface area contributed by atoms with E-state index in [4.69, 9.17) is 4.74 Å². The zero-order valence-corrected chi connectivity index (χ0v) is 17.7. The second-order valence-electron chi connectivity index (χ2n) is 7.69. The lowest BCUT2D eigenvalue weighted by Crippen LogP contribution is -2.42. The summed E-state index contributed by atoms with van der Waals surface area (Å²) >= 11 is 0. The van der Waals surface area contributed by atoms with Crippen molar-refractivity contribution in [1.29, 1.82) is 0 Å². The molecule has 1 aromatic heterocycles. The van der Waals surface area contributed by atoms with Gasteiger partial charge in [0.25, 0.3) is 0 Å². The standard InChI is InChI=1S/C25H23N3O5/c29-23(27-16-6-5-13-26-14-16)12-11-22(24(30)31)28-25(32)33-15-21-19-9-3-1-7-17(19)18-8-2-4-10-20(18)21/h1-10,13-14,21-22H,11-12,15H2,(H,27,29)(H,28,32)(H,30,31)/t22-/m0/s1. The molecular weight excluding hydrogens is 422 g/mol. The van der Waals surface area contributed by atoms with Crippen LogP contribution in [0.3, 0.4) is 0 Å². The van der Waals surface area contributed by atoms with Gasteiger partial charge in [0.2, 0.25) is 5.91 Å². The maximum atomic E-state index is 12.4. The van der Waals surface area contributed by atoms with Gasteiger partial charge in [-0.25, -0.2) is 9.59 Å². The van der Waals surface area contributed by atoms with Gasteiger partial charge in [0, 0.05) is 18.5 Å². The molecule has 1 aliphatic carbocycles. The number of hydrogen-bond donors (Lipinski definition) is 3. The molecule has 0 saturated carbocycles. The van der Waals surface area contributed by atoms with E-state index in [9.17, 15) is 19.5 Å². The summed E-state index contributed by atoms with van der Waals surface area (Å²) in [5, 5.41) is 14.4. The number of carboxylic acids is 1. The van der Waals surface area contributed by atoms with Crippen molar-refractivity contribution in [3.05, 3.63) is 84.2 Å². The number of pyridine rings is 1. The van der Waals surface area contributed by atoms with Gasteiger partial charge in [-0.2, -0.15) is 0 Å². The summed E-state index contributed by atoms with van der Waals surface area (Å²) in [5.41, 5.74) is 4.84. The van der Waals surface area contributed by atoms with Gasteiger partial charge < -0.3 is 20.5 Å². The SMILES string of the molecule is O=C(CC[C@H](NC(=O)OCC1c2ccccc2-c2ccccc21)C(=O)O)Nc1cccnc1. The highest BCUT2D eigenvalue weighted by molar-refractivity contribution is 5.91. The summed E-state index contributed by atoms with van der Waals surface area (Å²) < 4.78 is 5.40. The Hall–Kier alpha value is -4.20. The fourth-order valence-electron chi connectivity index (χ4n) is 3.98. The number of nitrogens with one attached hydrogen (secondary N) is 2. The fourth-order valence-corrected chi connectivity index (χ4v) is 3.98. The summed E-state index contributed by atoms with van der Waals surface area (Å²) in [6, 6.07) is 18.0. The Labute approximate surface area is 190 Å². The van der Waals surface area contributed by atoms with Crippen molar-refractivity contribution in [1.82, 2.24) is 10.3 Å². The highest BCUT2D eigenvalue weighted by atomic mass is 16.5. The molecule has 0 radical (unpaired) electrons. The number of hydrogen-bond acceptors (Lipinski definition) is 5. The Morgan fingerprint density at radius 1 is 0.970 bits per heavy atom. The van der Waals surface area contributed by atoms with Gasteiger partial charge in [-0.05, 0) is 40.8 Å². The van der Waals surface area contributed by atoms with Gasteiger partial charge >= 0.3 is 12.1 Å². The number of aliphatic carboxylic acids is 1. The molecule has 33 heavy (non-hydrogen) atoms. The van der Waals surface area contributed by atoms with Crippen molar-refractivity contribution in [3.8, 4) is 11.1 Å². The number of nitrogens with zero attached hydrogens (tertiary/aromatic N) is 1. The zero-order valence-electron chi connectivity index (χ0n) is 17.7. The zero-order chi connectivity index (χ0) is 23.2. The normalized spacial score (nSPS) is 12.8. The molecule has 8 nitrogen and oxygen atoms in total. The first-order valence-electron chi connectivity index (χ1n) is 10.6. The average Bonchev–Trinajstić information content (AvgIpc) is 3.14. The minimum absolute atomic E-state index is 0.0771. The van der Waals surface area contributed by atoms with E-state index in [0.717, 1.165) is 22.3 Å². The molecule has 0 saturated heterocycles. The van der Waals surface area contributed by atoms with E-state index in [0.29, 0.717) is 5.69 Å². The van der Waals surface area contributed by atoms with Crippen molar-refractivity contribution >= 4 is 23.7 Å². The minimum atomic E-state index is -1.25. The number of benzene rings is 2. The number of anilines is 1. The average molecular weight is 445 g/mol. The number of carbonyl (C=O) groups is 3. The van der Waals surface area contributed by atoms with Crippen molar-refractivity contribution in [2.75, 3.05) is 11.9 Å². The lowest BCUT2D eigenvalue weighted by atomic mass is 9.98. The van der Waals surface area contributed by atoms with Crippen molar-refractivity contribution < 1.29 is 24.2 Å². The van der Waals surface area contributed by atoms with Crippen molar-refractivity contribution in [2.45, 2.75) is 24.8 Å². The Bertz CT molecular complexity index is 1120. The quantitative estimate of drug-likeness (QED) is 0.486. The second-order valence-corrected chi connectivity index (χ2v) is 7.69. The minimum Gasteiger partial charge on any atom is -0.480 e.